The summed E-state index contributed by atoms with van der Waals surface area (Å²) < 4.78 is 65.5. The Kier molecular flexibility index (Phi) is 6.86. The van der Waals surface area contributed by atoms with Crippen molar-refractivity contribution >= 4 is 43.4 Å². The number of hydrogen-bond donors (Lipinski definition) is 2. The predicted molar refractivity (Wildman–Crippen MR) is 130 cm³/mol. The van der Waals surface area contributed by atoms with Crippen molar-refractivity contribution in [2.45, 2.75) is 35.6 Å². The number of benzene rings is 2. The first-order chi connectivity index (χ1) is 17.4. The van der Waals surface area contributed by atoms with Crippen LogP contribution in [0.15, 0.2) is 52.3 Å². The molecule has 1 saturated heterocycles. The summed E-state index contributed by atoms with van der Waals surface area (Å²) in [5.41, 5.74) is -1.74. The number of rotatable bonds is 7. The number of carbonyl (C=O) groups excluding carboxylic acids is 3. The van der Waals surface area contributed by atoms with Crippen LogP contribution in [0.4, 0.5) is 14.9 Å². The van der Waals surface area contributed by atoms with Crippen molar-refractivity contribution in [3.63, 3.8) is 0 Å². The fourth-order valence-electron chi connectivity index (χ4n) is 4.53. The Balaban J connectivity index is 1.52. The molecule has 1 atom stereocenters. The summed E-state index contributed by atoms with van der Waals surface area (Å²) in [7, 11) is -7.47. The average molecular weight is 553 g/mol. The maximum Gasteiger partial charge on any atom is 0.325 e. The average Bonchev–Trinajstić information content (AvgIpc) is 3.07. The summed E-state index contributed by atoms with van der Waals surface area (Å²) in [5, 5.41) is 4.96. The van der Waals surface area contributed by atoms with Gasteiger partial charge < -0.3 is 10.6 Å². The Morgan fingerprint density at radius 3 is 2.41 bits per heavy atom. The van der Waals surface area contributed by atoms with Crippen molar-refractivity contribution < 1.29 is 35.6 Å². The van der Waals surface area contributed by atoms with Gasteiger partial charge in [-0.2, -0.15) is 4.31 Å². The van der Waals surface area contributed by atoms with Gasteiger partial charge >= 0.3 is 6.03 Å². The van der Waals surface area contributed by atoms with Crippen LogP contribution in [0.5, 0.6) is 0 Å². The van der Waals surface area contributed by atoms with E-state index < -0.39 is 61.4 Å². The second-order valence-electron chi connectivity index (χ2n) is 8.60. The highest BCUT2D eigenvalue weighted by Crippen LogP contribution is 2.41. The third kappa shape index (κ3) is 4.60. The third-order valence-electron chi connectivity index (χ3n) is 6.44. The van der Waals surface area contributed by atoms with Crippen LogP contribution in [0, 0.1) is 5.82 Å². The molecule has 2 aromatic rings. The van der Waals surface area contributed by atoms with Gasteiger partial charge in [0.25, 0.3) is 5.91 Å². The summed E-state index contributed by atoms with van der Waals surface area (Å²) in [4.78, 5) is 39.1. The van der Waals surface area contributed by atoms with E-state index in [4.69, 9.17) is 0 Å². The molecule has 0 unspecified atom stereocenters. The summed E-state index contributed by atoms with van der Waals surface area (Å²) in [6.07, 6.45) is -0.309. The van der Waals surface area contributed by atoms with E-state index in [1.54, 1.807) is 13.8 Å². The Labute approximate surface area is 213 Å². The van der Waals surface area contributed by atoms with E-state index in [2.05, 4.69) is 10.6 Å². The van der Waals surface area contributed by atoms with Gasteiger partial charge in [-0.15, -0.1) is 0 Å². The van der Waals surface area contributed by atoms with Crippen molar-refractivity contribution in [2.24, 2.45) is 0 Å². The number of amides is 4. The molecule has 0 saturated carbocycles. The van der Waals surface area contributed by atoms with Crippen LogP contribution < -0.4 is 10.6 Å². The first kappa shape index (κ1) is 26.7. The zero-order valence-corrected chi connectivity index (χ0v) is 21.7. The number of carbonyl (C=O) groups is 3. The van der Waals surface area contributed by atoms with Crippen LogP contribution in [0.2, 0.25) is 0 Å². The highest BCUT2D eigenvalue weighted by molar-refractivity contribution is 7.91. The zero-order chi connectivity index (χ0) is 27.2. The number of halogens is 1. The van der Waals surface area contributed by atoms with Gasteiger partial charge in [-0.05, 0) is 48.9 Å². The van der Waals surface area contributed by atoms with E-state index >= 15 is 0 Å². The number of sulfonamides is 1. The van der Waals surface area contributed by atoms with E-state index in [0.717, 1.165) is 18.2 Å². The molecule has 2 heterocycles. The van der Waals surface area contributed by atoms with E-state index in [1.165, 1.54) is 28.6 Å². The van der Waals surface area contributed by atoms with Gasteiger partial charge in [0.15, 0.2) is 9.84 Å². The Hall–Kier alpha value is -3.36. The molecular formula is C23H25FN4O7S2. The number of anilines is 1. The summed E-state index contributed by atoms with van der Waals surface area (Å²) in [5.74, 6) is -2.83. The molecular weight excluding hydrogens is 527 g/mol. The number of fused-ring (bicyclic) bond motifs is 2. The van der Waals surface area contributed by atoms with Crippen LogP contribution >= 0.6 is 0 Å². The van der Waals surface area contributed by atoms with E-state index in [9.17, 15) is 35.6 Å². The summed E-state index contributed by atoms with van der Waals surface area (Å²) >= 11 is 0. The van der Waals surface area contributed by atoms with Crippen LogP contribution in [-0.2, 0) is 35.0 Å². The number of nitrogens with one attached hydrogen (secondary N) is 2. The lowest BCUT2D eigenvalue weighted by atomic mass is 9.86. The van der Waals surface area contributed by atoms with E-state index in [1.807, 2.05) is 0 Å². The highest BCUT2D eigenvalue weighted by Gasteiger charge is 2.56. The minimum atomic E-state index is -3.78. The Bertz CT molecular complexity index is 1490. The molecule has 1 spiro atoms. The molecule has 0 radical (unpaired) electrons. The van der Waals surface area contributed by atoms with Crippen LogP contribution in [-0.4, -0.2) is 69.3 Å². The van der Waals surface area contributed by atoms with Gasteiger partial charge in [-0.1, -0.05) is 13.8 Å². The maximum atomic E-state index is 14.0. The van der Waals surface area contributed by atoms with Crippen molar-refractivity contribution in [1.29, 1.82) is 0 Å². The second-order valence-corrected chi connectivity index (χ2v) is 12.6. The number of imide groups is 1. The minimum absolute atomic E-state index is 0.0448. The van der Waals surface area contributed by atoms with Gasteiger partial charge in [-0.25, -0.2) is 26.0 Å². The fraction of sp³-hybridized carbons (Fsp3) is 0.348. The quantitative estimate of drug-likeness (QED) is 0.390. The number of urea groups is 1. The molecule has 37 heavy (non-hydrogen) atoms. The SMILES string of the molecule is CCN(CC)S(=O)(=O)c1ccc(NC(=O)CN2C(=O)N[C@@]3(CCS(=O)(=O)c4ccc(F)cc43)C2=O)cc1. The predicted octanol–water partition coefficient (Wildman–Crippen LogP) is 1.42. The lowest BCUT2D eigenvalue weighted by Gasteiger charge is -2.32. The van der Waals surface area contributed by atoms with Crippen LogP contribution in [0.1, 0.15) is 25.8 Å². The van der Waals surface area contributed by atoms with Crippen molar-refractivity contribution in [3.05, 3.63) is 53.8 Å². The smallest absolute Gasteiger partial charge is 0.325 e. The van der Waals surface area contributed by atoms with E-state index in [-0.39, 0.29) is 27.5 Å². The molecule has 0 aromatic heterocycles. The summed E-state index contributed by atoms with van der Waals surface area (Å²) in [6, 6.07) is 7.43. The minimum Gasteiger partial charge on any atom is -0.325 e. The largest absolute Gasteiger partial charge is 0.325 e. The normalized spacial score (nSPS) is 20.7. The lowest BCUT2D eigenvalue weighted by molar-refractivity contribution is -0.134. The van der Waals surface area contributed by atoms with E-state index in [0.29, 0.717) is 18.0 Å². The topological polar surface area (TPSA) is 150 Å². The lowest BCUT2D eigenvalue weighted by Crippen LogP contribution is -2.49. The third-order valence-corrected chi connectivity index (χ3v) is 10.3. The first-order valence-corrected chi connectivity index (χ1v) is 14.5. The fourth-order valence-corrected chi connectivity index (χ4v) is 7.62. The molecule has 2 aliphatic rings. The van der Waals surface area contributed by atoms with Gasteiger partial charge in [0, 0.05) is 24.3 Å². The van der Waals surface area contributed by atoms with Gasteiger partial charge in [0.05, 0.1) is 15.5 Å². The molecule has 0 bridgehead atoms. The Morgan fingerprint density at radius 1 is 1.14 bits per heavy atom. The first-order valence-electron chi connectivity index (χ1n) is 11.4. The maximum absolute atomic E-state index is 14.0. The zero-order valence-electron chi connectivity index (χ0n) is 20.0. The van der Waals surface area contributed by atoms with Crippen molar-refractivity contribution in [2.75, 3.05) is 30.7 Å². The molecule has 2 aromatic carbocycles. The van der Waals surface area contributed by atoms with Crippen molar-refractivity contribution in [1.82, 2.24) is 14.5 Å². The summed E-state index contributed by atoms with van der Waals surface area (Å²) in [6.45, 7) is 3.35. The van der Waals surface area contributed by atoms with Crippen molar-refractivity contribution in [3.8, 4) is 0 Å². The Morgan fingerprint density at radius 2 is 1.78 bits per heavy atom. The van der Waals surface area contributed by atoms with Gasteiger partial charge in [0.1, 0.15) is 17.9 Å². The number of hydrogen-bond acceptors (Lipinski definition) is 7. The second kappa shape index (κ2) is 9.50. The van der Waals surface area contributed by atoms with Gasteiger partial charge in [-0.3, -0.25) is 14.5 Å². The highest BCUT2D eigenvalue weighted by atomic mass is 32.2. The molecule has 198 valence electrons. The standard InChI is InChI=1S/C23H25FN4O7S2/c1-3-27(4-2)37(34,35)17-8-6-16(7-9-17)25-20(29)14-28-21(30)23(26-22(28)31)11-12-36(32,33)19-10-5-15(24)13-18(19)23/h5-10,13H,3-4,11-12,14H2,1-2H3,(H,25,29)(H,26,31)/t23-/m1/s1. The number of sulfone groups is 1. The molecule has 0 aliphatic carbocycles. The molecule has 14 heteroatoms. The molecule has 4 amide bonds. The molecule has 2 aliphatic heterocycles. The monoisotopic (exact) mass is 552 g/mol. The number of nitrogens with zero attached hydrogens (tertiary/aromatic N) is 2. The van der Waals surface area contributed by atoms with Gasteiger partial charge in [0.2, 0.25) is 15.9 Å². The van der Waals surface area contributed by atoms with Crippen LogP contribution in [0.25, 0.3) is 0 Å². The molecule has 1 fully saturated rings. The molecule has 2 N–H and O–H groups in total. The van der Waals surface area contributed by atoms with Crippen LogP contribution in [0.3, 0.4) is 0 Å². The molecule has 11 nitrogen and oxygen atoms in total. The molecule has 4 rings (SSSR count).